The van der Waals surface area contributed by atoms with Crippen molar-refractivity contribution in [2.24, 2.45) is 5.92 Å². The standard InChI is InChI=1S/C16H24OS/c1-12(2)10-18-11-16(17)9-14-5-7-15(8-6-14)13(3)4/h5-8,12-13H,9-11H2,1-4H3. The van der Waals surface area contributed by atoms with Gasteiger partial charge in [-0.25, -0.2) is 0 Å². The highest BCUT2D eigenvalue weighted by molar-refractivity contribution is 7.99. The molecule has 0 saturated carbocycles. The molecule has 0 heterocycles. The van der Waals surface area contributed by atoms with Crippen molar-refractivity contribution in [3.8, 4) is 0 Å². The number of thioether (sulfide) groups is 1. The largest absolute Gasteiger partial charge is 0.298 e. The molecule has 1 aromatic carbocycles. The minimum Gasteiger partial charge on any atom is -0.298 e. The zero-order valence-corrected chi connectivity index (χ0v) is 12.7. The van der Waals surface area contributed by atoms with Gasteiger partial charge < -0.3 is 0 Å². The van der Waals surface area contributed by atoms with Crippen molar-refractivity contribution in [1.82, 2.24) is 0 Å². The van der Waals surface area contributed by atoms with Crippen LogP contribution < -0.4 is 0 Å². The third kappa shape index (κ3) is 5.72. The normalized spacial score (nSPS) is 11.2. The first-order valence-electron chi connectivity index (χ1n) is 6.67. The summed E-state index contributed by atoms with van der Waals surface area (Å²) in [7, 11) is 0. The Morgan fingerprint density at radius 3 is 2.22 bits per heavy atom. The molecule has 0 aromatic heterocycles. The number of hydrogen-bond donors (Lipinski definition) is 0. The van der Waals surface area contributed by atoms with Crippen LogP contribution in [0, 0.1) is 5.92 Å². The summed E-state index contributed by atoms with van der Waals surface area (Å²) in [6.45, 7) is 8.73. The molecule has 0 atom stereocenters. The Bertz CT molecular complexity index is 365. The quantitative estimate of drug-likeness (QED) is 0.730. The van der Waals surface area contributed by atoms with Gasteiger partial charge in [0.1, 0.15) is 5.78 Å². The lowest BCUT2D eigenvalue weighted by Gasteiger charge is -2.07. The first kappa shape index (κ1) is 15.3. The zero-order chi connectivity index (χ0) is 13.5. The summed E-state index contributed by atoms with van der Waals surface area (Å²) in [6.07, 6.45) is 0.573. The molecule has 18 heavy (non-hydrogen) atoms. The van der Waals surface area contributed by atoms with Crippen LogP contribution in [0.25, 0.3) is 0 Å². The van der Waals surface area contributed by atoms with Gasteiger partial charge in [0.2, 0.25) is 0 Å². The Morgan fingerprint density at radius 1 is 1.11 bits per heavy atom. The maximum atomic E-state index is 11.8. The van der Waals surface area contributed by atoms with E-state index in [4.69, 9.17) is 0 Å². The van der Waals surface area contributed by atoms with Gasteiger partial charge in [-0.05, 0) is 28.7 Å². The van der Waals surface area contributed by atoms with Crippen LogP contribution >= 0.6 is 11.8 Å². The molecule has 0 amide bonds. The molecular weight excluding hydrogens is 240 g/mol. The van der Waals surface area contributed by atoms with Crippen molar-refractivity contribution in [1.29, 1.82) is 0 Å². The third-order valence-electron chi connectivity index (χ3n) is 2.76. The summed E-state index contributed by atoms with van der Waals surface area (Å²) in [6, 6.07) is 8.43. The van der Waals surface area contributed by atoms with E-state index in [-0.39, 0.29) is 0 Å². The molecule has 0 aliphatic heterocycles. The van der Waals surface area contributed by atoms with Crippen molar-refractivity contribution in [3.63, 3.8) is 0 Å². The van der Waals surface area contributed by atoms with Crippen LogP contribution in [-0.2, 0) is 11.2 Å². The molecular formula is C16H24OS. The van der Waals surface area contributed by atoms with Gasteiger partial charge in [-0.3, -0.25) is 4.79 Å². The molecule has 0 N–H and O–H groups in total. The van der Waals surface area contributed by atoms with Crippen molar-refractivity contribution < 1.29 is 4.79 Å². The molecule has 0 aliphatic rings. The lowest BCUT2D eigenvalue weighted by atomic mass is 10.0. The monoisotopic (exact) mass is 264 g/mol. The topological polar surface area (TPSA) is 17.1 Å². The van der Waals surface area contributed by atoms with E-state index >= 15 is 0 Å². The van der Waals surface area contributed by atoms with E-state index in [9.17, 15) is 4.79 Å². The zero-order valence-electron chi connectivity index (χ0n) is 11.9. The highest BCUT2D eigenvalue weighted by atomic mass is 32.2. The molecule has 2 heteroatoms. The maximum Gasteiger partial charge on any atom is 0.147 e. The van der Waals surface area contributed by atoms with Crippen LogP contribution in [0.15, 0.2) is 24.3 Å². The van der Waals surface area contributed by atoms with Crippen molar-refractivity contribution in [3.05, 3.63) is 35.4 Å². The van der Waals surface area contributed by atoms with Gasteiger partial charge in [0.25, 0.3) is 0 Å². The summed E-state index contributed by atoms with van der Waals surface area (Å²) in [4.78, 5) is 11.8. The van der Waals surface area contributed by atoms with Crippen LogP contribution in [-0.4, -0.2) is 17.3 Å². The summed E-state index contributed by atoms with van der Waals surface area (Å²) in [5.74, 6) is 3.25. The van der Waals surface area contributed by atoms with Crippen molar-refractivity contribution in [2.75, 3.05) is 11.5 Å². The van der Waals surface area contributed by atoms with E-state index in [1.807, 2.05) is 0 Å². The fraction of sp³-hybridized carbons (Fsp3) is 0.562. The Hall–Kier alpha value is -0.760. The minimum atomic E-state index is 0.331. The molecule has 100 valence electrons. The first-order valence-corrected chi connectivity index (χ1v) is 7.82. The fourth-order valence-electron chi connectivity index (χ4n) is 1.71. The molecule has 1 nitrogen and oxygen atoms in total. The highest BCUT2D eigenvalue weighted by Gasteiger charge is 2.05. The molecule has 1 aromatic rings. The second kappa shape index (κ2) is 7.63. The number of rotatable bonds is 7. The maximum absolute atomic E-state index is 11.8. The molecule has 0 bridgehead atoms. The molecule has 0 radical (unpaired) electrons. The summed E-state index contributed by atoms with van der Waals surface area (Å²) >= 11 is 1.75. The molecule has 0 spiro atoms. The molecule has 1 rings (SSSR count). The fourth-order valence-corrected chi connectivity index (χ4v) is 2.63. The van der Waals surface area contributed by atoms with E-state index in [2.05, 4.69) is 52.0 Å². The first-order chi connectivity index (χ1) is 8.49. The smallest absolute Gasteiger partial charge is 0.147 e. The Kier molecular flexibility index (Phi) is 6.48. The Morgan fingerprint density at radius 2 is 1.72 bits per heavy atom. The number of carbonyl (C=O) groups excluding carboxylic acids is 1. The lowest BCUT2D eigenvalue weighted by Crippen LogP contribution is -2.07. The van der Waals surface area contributed by atoms with E-state index in [0.717, 1.165) is 11.3 Å². The number of hydrogen-bond acceptors (Lipinski definition) is 2. The number of Topliss-reactive ketones (excluding diaryl/α,β-unsaturated/α-hetero) is 1. The van der Waals surface area contributed by atoms with Crippen LogP contribution in [0.1, 0.15) is 44.7 Å². The Balaban J connectivity index is 2.40. The van der Waals surface area contributed by atoms with Crippen molar-refractivity contribution >= 4 is 17.5 Å². The SMILES string of the molecule is CC(C)CSCC(=O)Cc1ccc(C(C)C)cc1. The average molecular weight is 264 g/mol. The second-order valence-corrected chi connectivity index (χ2v) is 6.55. The summed E-state index contributed by atoms with van der Waals surface area (Å²) < 4.78 is 0. The number of benzene rings is 1. The highest BCUT2D eigenvalue weighted by Crippen LogP contribution is 2.15. The van der Waals surface area contributed by atoms with Gasteiger partial charge in [-0.1, -0.05) is 52.0 Å². The third-order valence-corrected chi connectivity index (χ3v) is 4.19. The molecule has 0 fully saturated rings. The van der Waals surface area contributed by atoms with Gasteiger partial charge in [0.15, 0.2) is 0 Å². The van der Waals surface area contributed by atoms with Gasteiger partial charge >= 0.3 is 0 Å². The van der Waals surface area contributed by atoms with E-state index in [1.165, 1.54) is 5.56 Å². The number of carbonyl (C=O) groups is 1. The Labute approximate surface area is 115 Å². The van der Waals surface area contributed by atoms with Crippen LogP contribution in [0.5, 0.6) is 0 Å². The van der Waals surface area contributed by atoms with Crippen molar-refractivity contribution in [2.45, 2.75) is 40.0 Å². The van der Waals surface area contributed by atoms with E-state index in [0.29, 0.717) is 29.8 Å². The minimum absolute atomic E-state index is 0.331. The van der Waals surface area contributed by atoms with Gasteiger partial charge in [-0.15, -0.1) is 0 Å². The van der Waals surface area contributed by atoms with Crippen LogP contribution in [0.2, 0.25) is 0 Å². The van der Waals surface area contributed by atoms with Crippen LogP contribution in [0.3, 0.4) is 0 Å². The number of ketones is 1. The molecule has 0 unspecified atom stereocenters. The predicted molar refractivity (Wildman–Crippen MR) is 81.4 cm³/mol. The lowest BCUT2D eigenvalue weighted by molar-refractivity contribution is -0.116. The summed E-state index contributed by atoms with van der Waals surface area (Å²) in [5.41, 5.74) is 2.47. The predicted octanol–water partition coefficient (Wildman–Crippen LogP) is 4.31. The van der Waals surface area contributed by atoms with E-state index < -0.39 is 0 Å². The van der Waals surface area contributed by atoms with Gasteiger partial charge in [0, 0.05) is 6.42 Å². The molecule has 0 aliphatic carbocycles. The van der Waals surface area contributed by atoms with E-state index in [1.54, 1.807) is 11.8 Å². The van der Waals surface area contributed by atoms with Crippen LogP contribution in [0.4, 0.5) is 0 Å². The van der Waals surface area contributed by atoms with Gasteiger partial charge in [0.05, 0.1) is 5.75 Å². The van der Waals surface area contributed by atoms with Gasteiger partial charge in [-0.2, -0.15) is 11.8 Å². The average Bonchev–Trinajstić information content (AvgIpc) is 2.29. The summed E-state index contributed by atoms with van der Waals surface area (Å²) in [5, 5.41) is 0. The molecule has 0 saturated heterocycles. The second-order valence-electron chi connectivity index (χ2n) is 5.52.